The molecule has 0 aromatic rings. The van der Waals surface area contributed by atoms with Gasteiger partial charge in [0, 0.05) is 37.9 Å². The Morgan fingerprint density at radius 2 is 1.88 bits per heavy atom. The third kappa shape index (κ3) is 7.80. The Hall–Kier alpha value is -1.03. The zero-order valence-corrected chi connectivity index (χ0v) is 11.2. The van der Waals surface area contributed by atoms with Crippen LogP contribution in [0.1, 0.15) is 40.0 Å². The molecule has 0 radical (unpaired) electrons. The van der Waals surface area contributed by atoms with E-state index in [0.717, 1.165) is 25.9 Å². The van der Waals surface area contributed by atoms with Gasteiger partial charge in [0.05, 0.1) is 6.61 Å². The molecule has 4 nitrogen and oxygen atoms in total. The summed E-state index contributed by atoms with van der Waals surface area (Å²) in [5.74, 6) is -0.296. The van der Waals surface area contributed by atoms with Crippen LogP contribution >= 0.6 is 0 Å². The minimum Gasteiger partial charge on any atom is -0.462 e. The second-order valence-electron chi connectivity index (χ2n) is 4.06. The molecule has 0 aliphatic carbocycles. The number of hydrogen-bond acceptors (Lipinski definition) is 4. The van der Waals surface area contributed by atoms with E-state index >= 15 is 0 Å². The third-order valence-electron chi connectivity index (χ3n) is 2.26. The summed E-state index contributed by atoms with van der Waals surface area (Å²) in [4.78, 5) is 13.7. The summed E-state index contributed by atoms with van der Waals surface area (Å²) in [7, 11) is 0. The maximum absolute atomic E-state index is 11.6. The number of aliphatic hydroxyl groups is 1. The molecule has 0 aliphatic rings. The van der Waals surface area contributed by atoms with Crippen LogP contribution in [0.2, 0.25) is 0 Å². The van der Waals surface area contributed by atoms with Crippen LogP contribution < -0.4 is 0 Å². The highest BCUT2D eigenvalue weighted by Gasteiger charge is 2.07. The van der Waals surface area contributed by atoms with Gasteiger partial charge < -0.3 is 14.7 Å². The molecule has 0 saturated carbocycles. The van der Waals surface area contributed by atoms with Crippen molar-refractivity contribution in [3.63, 3.8) is 0 Å². The van der Waals surface area contributed by atoms with Gasteiger partial charge in [-0.1, -0.05) is 13.8 Å². The summed E-state index contributed by atoms with van der Waals surface area (Å²) >= 11 is 0. The van der Waals surface area contributed by atoms with Crippen molar-refractivity contribution in [1.82, 2.24) is 4.90 Å². The fourth-order valence-electron chi connectivity index (χ4n) is 1.49. The lowest BCUT2D eigenvalue weighted by Crippen LogP contribution is -2.21. The highest BCUT2D eigenvalue weighted by molar-refractivity contribution is 5.87. The molecule has 0 saturated heterocycles. The molecule has 0 aliphatic heterocycles. The molecule has 0 heterocycles. The van der Waals surface area contributed by atoms with Crippen molar-refractivity contribution in [2.45, 2.75) is 40.0 Å². The highest BCUT2D eigenvalue weighted by atomic mass is 16.5. The summed E-state index contributed by atoms with van der Waals surface area (Å²) in [6.07, 6.45) is 4.48. The van der Waals surface area contributed by atoms with Crippen LogP contribution in [0, 0.1) is 0 Å². The van der Waals surface area contributed by atoms with Crippen molar-refractivity contribution < 1.29 is 14.6 Å². The average molecular weight is 243 g/mol. The maximum atomic E-state index is 11.6. The Morgan fingerprint density at radius 1 is 1.29 bits per heavy atom. The SMILES string of the molecule is CCCN(C=C(C)C(=O)OCCCO)CCC. The van der Waals surface area contributed by atoms with Crippen LogP contribution in [-0.2, 0) is 9.53 Å². The zero-order chi connectivity index (χ0) is 13.1. The van der Waals surface area contributed by atoms with Crippen LogP contribution in [0.5, 0.6) is 0 Å². The number of rotatable bonds is 9. The Morgan fingerprint density at radius 3 is 2.35 bits per heavy atom. The van der Waals surface area contributed by atoms with Crippen molar-refractivity contribution in [2.24, 2.45) is 0 Å². The fraction of sp³-hybridized carbons (Fsp3) is 0.769. The van der Waals surface area contributed by atoms with Crippen LogP contribution in [0.25, 0.3) is 0 Å². The number of ether oxygens (including phenoxy) is 1. The Kier molecular flexibility index (Phi) is 9.53. The third-order valence-corrected chi connectivity index (χ3v) is 2.26. The van der Waals surface area contributed by atoms with E-state index in [9.17, 15) is 4.79 Å². The van der Waals surface area contributed by atoms with Gasteiger partial charge in [-0.05, 0) is 19.8 Å². The molecular formula is C13H25NO3. The summed E-state index contributed by atoms with van der Waals surface area (Å²) in [5.41, 5.74) is 0.616. The second-order valence-corrected chi connectivity index (χ2v) is 4.06. The molecule has 0 spiro atoms. The Balaban J connectivity index is 4.21. The van der Waals surface area contributed by atoms with Gasteiger partial charge in [0.2, 0.25) is 0 Å². The molecule has 0 unspecified atom stereocenters. The monoisotopic (exact) mass is 243 g/mol. The van der Waals surface area contributed by atoms with Gasteiger partial charge in [0.25, 0.3) is 0 Å². The topological polar surface area (TPSA) is 49.8 Å². The first kappa shape index (κ1) is 16.0. The number of hydrogen-bond donors (Lipinski definition) is 1. The number of nitrogens with zero attached hydrogens (tertiary/aromatic N) is 1. The average Bonchev–Trinajstić information content (AvgIpc) is 2.29. The van der Waals surface area contributed by atoms with Gasteiger partial charge in [-0.25, -0.2) is 4.79 Å². The number of carbonyl (C=O) groups is 1. The van der Waals surface area contributed by atoms with Crippen molar-refractivity contribution in [2.75, 3.05) is 26.3 Å². The molecule has 0 aromatic carbocycles. The van der Waals surface area contributed by atoms with E-state index in [1.165, 1.54) is 0 Å². The van der Waals surface area contributed by atoms with E-state index in [2.05, 4.69) is 18.7 Å². The van der Waals surface area contributed by atoms with Gasteiger partial charge in [0.1, 0.15) is 0 Å². The Labute approximate surface area is 104 Å². The lowest BCUT2D eigenvalue weighted by Gasteiger charge is -2.19. The van der Waals surface area contributed by atoms with Crippen LogP contribution in [0.15, 0.2) is 11.8 Å². The predicted octanol–water partition coefficient (Wildman–Crippen LogP) is 1.94. The van der Waals surface area contributed by atoms with Gasteiger partial charge in [-0.15, -0.1) is 0 Å². The first-order valence-corrected chi connectivity index (χ1v) is 6.36. The molecule has 0 rings (SSSR count). The first-order valence-electron chi connectivity index (χ1n) is 6.36. The van der Waals surface area contributed by atoms with Gasteiger partial charge in [-0.3, -0.25) is 0 Å². The predicted molar refractivity (Wildman–Crippen MR) is 68.6 cm³/mol. The normalized spacial score (nSPS) is 11.4. The molecule has 0 fully saturated rings. The van der Waals surface area contributed by atoms with Crippen LogP contribution in [0.3, 0.4) is 0 Å². The summed E-state index contributed by atoms with van der Waals surface area (Å²) in [6, 6.07) is 0. The molecule has 100 valence electrons. The van der Waals surface area contributed by atoms with E-state index in [1.807, 2.05) is 6.20 Å². The van der Waals surface area contributed by atoms with E-state index in [1.54, 1.807) is 6.92 Å². The Bertz CT molecular complexity index is 233. The first-order chi connectivity index (χ1) is 8.15. The van der Waals surface area contributed by atoms with E-state index < -0.39 is 0 Å². The van der Waals surface area contributed by atoms with Crippen molar-refractivity contribution in [3.8, 4) is 0 Å². The molecule has 4 heteroatoms. The second kappa shape index (κ2) is 10.1. The molecular weight excluding hydrogens is 218 g/mol. The summed E-state index contributed by atoms with van der Waals surface area (Å²) in [6.45, 7) is 8.23. The molecule has 0 bridgehead atoms. The molecule has 17 heavy (non-hydrogen) atoms. The largest absolute Gasteiger partial charge is 0.462 e. The van der Waals surface area contributed by atoms with Crippen molar-refractivity contribution >= 4 is 5.97 Å². The summed E-state index contributed by atoms with van der Waals surface area (Å²) < 4.78 is 5.01. The molecule has 1 N–H and O–H groups in total. The zero-order valence-electron chi connectivity index (χ0n) is 11.2. The minimum atomic E-state index is -0.296. The molecule has 0 atom stereocenters. The lowest BCUT2D eigenvalue weighted by molar-refractivity contribution is -0.139. The van der Waals surface area contributed by atoms with Crippen LogP contribution in [-0.4, -0.2) is 42.3 Å². The number of esters is 1. The minimum absolute atomic E-state index is 0.0494. The van der Waals surface area contributed by atoms with E-state index in [0.29, 0.717) is 12.0 Å². The maximum Gasteiger partial charge on any atom is 0.335 e. The molecule has 0 amide bonds. The fourth-order valence-corrected chi connectivity index (χ4v) is 1.49. The van der Waals surface area contributed by atoms with Crippen molar-refractivity contribution in [3.05, 3.63) is 11.8 Å². The highest BCUT2D eigenvalue weighted by Crippen LogP contribution is 2.03. The summed E-state index contributed by atoms with van der Waals surface area (Å²) in [5, 5.41) is 8.59. The number of carbonyl (C=O) groups excluding carboxylic acids is 1. The quantitative estimate of drug-likeness (QED) is 0.382. The lowest BCUT2D eigenvalue weighted by atomic mass is 10.3. The standard InChI is InChI=1S/C13H25NO3/c1-4-7-14(8-5-2)11-12(3)13(16)17-10-6-9-15/h11,15H,4-10H2,1-3H3. The van der Waals surface area contributed by atoms with Gasteiger partial charge in [-0.2, -0.15) is 0 Å². The van der Waals surface area contributed by atoms with E-state index in [4.69, 9.17) is 9.84 Å². The van der Waals surface area contributed by atoms with Crippen LogP contribution in [0.4, 0.5) is 0 Å². The smallest absolute Gasteiger partial charge is 0.335 e. The number of aliphatic hydroxyl groups excluding tert-OH is 1. The van der Waals surface area contributed by atoms with E-state index in [-0.39, 0.29) is 19.2 Å². The molecule has 0 aromatic heterocycles. The van der Waals surface area contributed by atoms with Gasteiger partial charge >= 0.3 is 5.97 Å². The van der Waals surface area contributed by atoms with Gasteiger partial charge in [0.15, 0.2) is 0 Å². The van der Waals surface area contributed by atoms with Crippen molar-refractivity contribution in [1.29, 1.82) is 0 Å².